The molecule has 0 saturated carbocycles. The van der Waals surface area contributed by atoms with Crippen LogP contribution in [0, 0.1) is 11.8 Å². The topological polar surface area (TPSA) is 89.3 Å². The zero-order valence-corrected chi connectivity index (χ0v) is 15.2. The fourth-order valence-corrected chi connectivity index (χ4v) is 2.50. The highest BCUT2D eigenvalue weighted by atomic mass is 32.2. The number of hydrogen-bond donors (Lipinski definition) is 2. The summed E-state index contributed by atoms with van der Waals surface area (Å²) in [5.74, 6) is -0.178. The second kappa shape index (κ2) is 10.8. The molecule has 0 rings (SSSR count). The number of ketones is 2. The molecular formula is C16H30N2O3S. The lowest BCUT2D eigenvalue weighted by molar-refractivity contribution is -0.139. The van der Waals surface area contributed by atoms with E-state index >= 15 is 0 Å². The first-order valence-corrected chi connectivity index (χ1v) is 9.20. The fourth-order valence-electron chi connectivity index (χ4n) is 2.11. The molecule has 0 aromatic carbocycles. The zero-order chi connectivity index (χ0) is 17.3. The van der Waals surface area contributed by atoms with E-state index in [0.29, 0.717) is 24.5 Å². The maximum absolute atomic E-state index is 12.3. The van der Waals surface area contributed by atoms with Crippen LogP contribution in [-0.2, 0) is 14.4 Å². The van der Waals surface area contributed by atoms with Crippen molar-refractivity contribution in [2.75, 3.05) is 12.0 Å². The number of rotatable bonds is 11. The second-order valence-corrected chi connectivity index (χ2v) is 7.44. The van der Waals surface area contributed by atoms with Crippen LogP contribution in [-0.4, -0.2) is 41.6 Å². The third kappa shape index (κ3) is 8.54. The predicted molar refractivity (Wildman–Crippen MR) is 91.8 cm³/mol. The number of carbonyl (C=O) groups is 3. The van der Waals surface area contributed by atoms with Gasteiger partial charge in [-0.2, -0.15) is 11.8 Å². The monoisotopic (exact) mass is 330 g/mol. The third-order valence-corrected chi connectivity index (χ3v) is 3.82. The van der Waals surface area contributed by atoms with E-state index in [1.807, 2.05) is 34.0 Å². The molecule has 0 saturated heterocycles. The van der Waals surface area contributed by atoms with Crippen molar-refractivity contribution in [1.29, 1.82) is 0 Å². The normalized spacial score (nSPS) is 14.0. The van der Waals surface area contributed by atoms with Gasteiger partial charge in [-0.05, 0) is 30.9 Å². The van der Waals surface area contributed by atoms with Gasteiger partial charge < -0.3 is 11.1 Å². The van der Waals surface area contributed by atoms with Crippen molar-refractivity contribution < 1.29 is 14.4 Å². The van der Waals surface area contributed by atoms with Gasteiger partial charge in [-0.15, -0.1) is 0 Å². The number of Topliss-reactive ketones (excluding diaryl/α,β-unsaturated/α-hetero) is 2. The molecule has 0 aliphatic rings. The van der Waals surface area contributed by atoms with Gasteiger partial charge in [0.15, 0.2) is 0 Å². The molecule has 0 fully saturated rings. The Bertz CT molecular complexity index is 384. The minimum atomic E-state index is -0.764. The van der Waals surface area contributed by atoms with Gasteiger partial charge in [0.2, 0.25) is 17.5 Å². The molecule has 22 heavy (non-hydrogen) atoms. The number of amides is 1. The summed E-state index contributed by atoms with van der Waals surface area (Å²) in [6.07, 6.45) is 3.09. The Hall–Kier alpha value is -0.880. The Labute approximate surface area is 138 Å². The number of nitrogens with one attached hydrogen (secondary N) is 1. The SMILES string of the molecule is CSCCC(=O)C(=O)[C@H](CC(C)C)NC(=O)[C@@H](N)CC(C)C. The van der Waals surface area contributed by atoms with Crippen LogP contribution in [0.1, 0.15) is 47.0 Å². The van der Waals surface area contributed by atoms with E-state index < -0.39 is 23.7 Å². The summed E-state index contributed by atoms with van der Waals surface area (Å²) in [6, 6.07) is -1.41. The summed E-state index contributed by atoms with van der Waals surface area (Å²) in [4.78, 5) is 36.3. The fraction of sp³-hybridized carbons (Fsp3) is 0.812. The zero-order valence-electron chi connectivity index (χ0n) is 14.3. The summed E-state index contributed by atoms with van der Waals surface area (Å²) in [5.41, 5.74) is 5.84. The van der Waals surface area contributed by atoms with E-state index in [-0.39, 0.29) is 18.2 Å². The van der Waals surface area contributed by atoms with Crippen molar-refractivity contribution in [3.05, 3.63) is 0 Å². The molecule has 0 radical (unpaired) electrons. The molecule has 0 aromatic heterocycles. The van der Waals surface area contributed by atoms with Gasteiger partial charge in [0, 0.05) is 12.2 Å². The van der Waals surface area contributed by atoms with Crippen LogP contribution in [0.3, 0.4) is 0 Å². The maximum atomic E-state index is 12.3. The maximum Gasteiger partial charge on any atom is 0.237 e. The Morgan fingerprint density at radius 2 is 1.59 bits per heavy atom. The number of carbonyl (C=O) groups excluding carboxylic acids is 3. The van der Waals surface area contributed by atoms with Crippen LogP contribution in [0.25, 0.3) is 0 Å². The van der Waals surface area contributed by atoms with Crippen LogP contribution in [0.5, 0.6) is 0 Å². The highest BCUT2D eigenvalue weighted by Gasteiger charge is 2.28. The van der Waals surface area contributed by atoms with Gasteiger partial charge in [0.05, 0.1) is 12.1 Å². The van der Waals surface area contributed by atoms with Crippen LogP contribution in [0.15, 0.2) is 0 Å². The minimum absolute atomic E-state index is 0.198. The van der Waals surface area contributed by atoms with Gasteiger partial charge >= 0.3 is 0 Å². The van der Waals surface area contributed by atoms with Crippen molar-refractivity contribution in [2.24, 2.45) is 17.6 Å². The van der Waals surface area contributed by atoms with Gasteiger partial charge in [0.1, 0.15) is 0 Å². The Morgan fingerprint density at radius 1 is 1.05 bits per heavy atom. The van der Waals surface area contributed by atoms with Crippen molar-refractivity contribution in [2.45, 2.75) is 59.0 Å². The van der Waals surface area contributed by atoms with E-state index in [2.05, 4.69) is 5.32 Å². The molecule has 3 N–H and O–H groups in total. The molecule has 1 amide bonds. The molecule has 6 heteroatoms. The van der Waals surface area contributed by atoms with Crippen LogP contribution < -0.4 is 11.1 Å². The highest BCUT2D eigenvalue weighted by molar-refractivity contribution is 7.98. The number of thioether (sulfide) groups is 1. The first-order chi connectivity index (χ1) is 10.2. The van der Waals surface area contributed by atoms with Gasteiger partial charge in [-0.1, -0.05) is 27.7 Å². The minimum Gasteiger partial charge on any atom is -0.344 e. The molecular weight excluding hydrogens is 300 g/mol. The van der Waals surface area contributed by atoms with Gasteiger partial charge in [-0.3, -0.25) is 14.4 Å². The van der Waals surface area contributed by atoms with E-state index in [1.54, 1.807) is 0 Å². The second-order valence-electron chi connectivity index (χ2n) is 6.46. The summed E-state index contributed by atoms with van der Waals surface area (Å²) >= 11 is 1.52. The molecule has 0 unspecified atom stereocenters. The van der Waals surface area contributed by atoms with E-state index in [9.17, 15) is 14.4 Å². The summed E-state index contributed by atoms with van der Waals surface area (Å²) in [5, 5.41) is 2.67. The molecule has 128 valence electrons. The van der Waals surface area contributed by atoms with Crippen LogP contribution in [0.2, 0.25) is 0 Å². The van der Waals surface area contributed by atoms with E-state index in [4.69, 9.17) is 5.73 Å². The molecule has 5 nitrogen and oxygen atoms in total. The van der Waals surface area contributed by atoms with Crippen LogP contribution in [0.4, 0.5) is 0 Å². The molecule has 0 aliphatic heterocycles. The smallest absolute Gasteiger partial charge is 0.237 e. The highest BCUT2D eigenvalue weighted by Crippen LogP contribution is 2.10. The Kier molecular flexibility index (Phi) is 10.3. The van der Waals surface area contributed by atoms with Crippen molar-refractivity contribution >= 4 is 29.2 Å². The number of nitrogens with two attached hydrogens (primary N) is 1. The van der Waals surface area contributed by atoms with E-state index in [0.717, 1.165) is 0 Å². The standard InChI is InChI=1S/C16H30N2O3S/c1-10(2)8-12(17)16(21)18-13(9-11(3)4)15(20)14(19)6-7-22-5/h10-13H,6-9,17H2,1-5H3,(H,18,21)/t12-,13-/m0/s1. The van der Waals surface area contributed by atoms with Gasteiger partial charge in [-0.25, -0.2) is 0 Å². The van der Waals surface area contributed by atoms with E-state index in [1.165, 1.54) is 11.8 Å². The first kappa shape index (κ1) is 21.1. The largest absolute Gasteiger partial charge is 0.344 e. The summed E-state index contributed by atoms with van der Waals surface area (Å²) < 4.78 is 0. The first-order valence-electron chi connectivity index (χ1n) is 7.80. The summed E-state index contributed by atoms with van der Waals surface area (Å²) in [7, 11) is 0. The average Bonchev–Trinajstić information content (AvgIpc) is 2.41. The van der Waals surface area contributed by atoms with Crippen molar-refractivity contribution in [3.63, 3.8) is 0 Å². The molecule has 2 atom stereocenters. The van der Waals surface area contributed by atoms with Gasteiger partial charge in [0.25, 0.3) is 0 Å². The quantitative estimate of drug-likeness (QED) is 0.564. The van der Waals surface area contributed by atoms with Crippen LogP contribution >= 0.6 is 11.8 Å². The molecule has 0 aromatic rings. The number of hydrogen-bond acceptors (Lipinski definition) is 5. The predicted octanol–water partition coefficient (Wildman–Crippen LogP) is 1.78. The molecule has 0 heterocycles. The average molecular weight is 330 g/mol. The third-order valence-electron chi connectivity index (χ3n) is 3.21. The summed E-state index contributed by atoms with van der Waals surface area (Å²) in [6.45, 7) is 7.87. The van der Waals surface area contributed by atoms with Crippen molar-refractivity contribution in [1.82, 2.24) is 5.32 Å². The Balaban J connectivity index is 4.79. The lowest BCUT2D eigenvalue weighted by Gasteiger charge is -2.21. The lowest BCUT2D eigenvalue weighted by Crippen LogP contribution is -2.50. The molecule has 0 spiro atoms. The Morgan fingerprint density at radius 3 is 2.05 bits per heavy atom. The lowest BCUT2D eigenvalue weighted by atomic mass is 9.96. The molecule has 0 aliphatic carbocycles. The molecule has 0 bridgehead atoms. The van der Waals surface area contributed by atoms with Crippen molar-refractivity contribution in [3.8, 4) is 0 Å².